The van der Waals surface area contributed by atoms with Crippen molar-refractivity contribution in [3.05, 3.63) is 70.0 Å². The number of carbonyl (C=O) groups is 1. The average Bonchev–Trinajstić information content (AvgIpc) is 3.30. The fraction of sp³-hybridized carbons (Fsp3) is 0.200. The average molecular weight is 358 g/mol. The molecule has 1 unspecified atom stereocenters. The summed E-state index contributed by atoms with van der Waals surface area (Å²) in [5, 5.41) is 30.5. The third-order valence-corrected chi connectivity index (χ3v) is 3.42. The first-order valence-electron chi connectivity index (χ1n) is 7.54. The summed E-state index contributed by atoms with van der Waals surface area (Å²) in [5.41, 5.74) is 0.666. The van der Waals surface area contributed by atoms with Gasteiger partial charge in [0.2, 0.25) is 0 Å². The number of aliphatic hydroxyl groups excluding tert-OH is 1. The minimum atomic E-state index is -0.868. The van der Waals surface area contributed by atoms with Crippen LogP contribution in [0.4, 0.5) is 5.82 Å². The molecule has 11 nitrogen and oxygen atoms in total. The lowest BCUT2D eigenvalue weighted by molar-refractivity contribution is -0.389. The van der Waals surface area contributed by atoms with Gasteiger partial charge >= 0.3 is 17.6 Å². The number of hydrogen-bond donors (Lipinski definition) is 2. The molecule has 0 aliphatic heterocycles. The predicted molar refractivity (Wildman–Crippen MR) is 86.0 cm³/mol. The summed E-state index contributed by atoms with van der Waals surface area (Å²) in [5.74, 6) is -1.08. The van der Waals surface area contributed by atoms with Crippen LogP contribution in [-0.2, 0) is 6.54 Å². The molecule has 2 heterocycles. The Labute approximate surface area is 146 Å². The molecule has 0 fully saturated rings. The molecular formula is C15H14N6O5. The molecule has 0 aliphatic rings. The van der Waals surface area contributed by atoms with Gasteiger partial charge < -0.3 is 25.1 Å². The summed E-state index contributed by atoms with van der Waals surface area (Å²) in [6.45, 7) is -0.0107. The number of rotatable bonds is 7. The maximum atomic E-state index is 12.0. The molecule has 3 rings (SSSR count). The first-order valence-corrected chi connectivity index (χ1v) is 7.54. The molecule has 1 aromatic carbocycles. The van der Waals surface area contributed by atoms with Crippen LogP contribution in [-0.4, -0.2) is 42.4 Å². The van der Waals surface area contributed by atoms with E-state index in [1.807, 2.05) is 6.07 Å². The summed E-state index contributed by atoms with van der Waals surface area (Å²) in [6, 6.07) is 10.1. The summed E-state index contributed by atoms with van der Waals surface area (Å²) in [4.78, 5) is 25.9. The van der Waals surface area contributed by atoms with E-state index >= 15 is 0 Å². The lowest BCUT2D eigenvalue weighted by Gasteiger charge is -2.10. The third kappa shape index (κ3) is 4.08. The maximum absolute atomic E-state index is 12.0. The number of nitrogens with one attached hydrogen (secondary N) is 1. The normalized spacial score (nSPS) is 11.9. The fourth-order valence-electron chi connectivity index (χ4n) is 2.15. The van der Waals surface area contributed by atoms with E-state index in [0.717, 1.165) is 0 Å². The van der Waals surface area contributed by atoms with Gasteiger partial charge in [-0.15, -0.1) is 0 Å². The second-order valence-electron chi connectivity index (χ2n) is 5.28. The summed E-state index contributed by atoms with van der Waals surface area (Å²) in [7, 11) is 0. The molecule has 1 atom stereocenters. The first kappa shape index (κ1) is 17.2. The molecule has 0 spiro atoms. The smallest absolute Gasteiger partial charge is 0.387 e. The van der Waals surface area contributed by atoms with E-state index in [1.54, 1.807) is 24.3 Å². The highest BCUT2D eigenvalue weighted by Gasteiger charge is 2.18. The van der Waals surface area contributed by atoms with Gasteiger partial charge in [-0.25, -0.2) is 0 Å². The van der Waals surface area contributed by atoms with Gasteiger partial charge in [0.25, 0.3) is 0 Å². The Morgan fingerprint density at radius 1 is 1.35 bits per heavy atom. The van der Waals surface area contributed by atoms with Gasteiger partial charge in [0, 0.05) is 6.54 Å². The van der Waals surface area contributed by atoms with Crippen molar-refractivity contribution in [1.29, 1.82) is 0 Å². The molecule has 3 aromatic rings. The van der Waals surface area contributed by atoms with Gasteiger partial charge in [-0.3, -0.25) is 4.79 Å². The Bertz CT molecular complexity index is 906. The van der Waals surface area contributed by atoms with Crippen LogP contribution in [0.1, 0.15) is 28.2 Å². The second-order valence-corrected chi connectivity index (χ2v) is 5.28. The van der Waals surface area contributed by atoms with E-state index in [1.165, 1.54) is 16.9 Å². The number of carbonyl (C=O) groups excluding carboxylic acids is 1. The highest BCUT2D eigenvalue weighted by atomic mass is 16.6. The molecule has 11 heteroatoms. The molecule has 0 bridgehead atoms. The van der Waals surface area contributed by atoms with Crippen molar-refractivity contribution in [2.24, 2.45) is 0 Å². The molecule has 0 saturated heterocycles. The minimum Gasteiger partial charge on any atom is -0.387 e. The number of hydrogen-bond acceptors (Lipinski definition) is 8. The van der Waals surface area contributed by atoms with Gasteiger partial charge in [-0.1, -0.05) is 35.5 Å². The van der Waals surface area contributed by atoms with E-state index in [4.69, 9.17) is 4.52 Å². The molecule has 26 heavy (non-hydrogen) atoms. The predicted octanol–water partition coefficient (Wildman–Crippen LogP) is 0.686. The number of aromatic nitrogens is 4. The lowest BCUT2D eigenvalue weighted by atomic mass is 10.1. The van der Waals surface area contributed by atoms with E-state index in [9.17, 15) is 20.0 Å². The van der Waals surface area contributed by atoms with E-state index < -0.39 is 16.9 Å². The number of nitrogens with zero attached hydrogens (tertiary/aromatic N) is 5. The van der Waals surface area contributed by atoms with Gasteiger partial charge in [0.1, 0.15) is 6.54 Å². The van der Waals surface area contributed by atoms with Gasteiger partial charge in [0.05, 0.1) is 23.5 Å². The summed E-state index contributed by atoms with van der Waals surface area (Å²) >= 11 is 0. The summed E-state index contributed by atoms with van der Waals surface area (Å²) < 4.78 is 6.11. The fourth-order valence-corrected chi connectivity index (χ4v) is 2.15. The molecular weight excluding hydrogens is 344 g/mol. The van der Waals surface area contributed by atoms with E-state index in [2.05, 4.69) is 20.6 Å². The van der Waals surface area contributed by atoms with Crippen LogP contribution in [0.25, 0.3) is 0 Å². The van der Waals surface area contributed by atoms with E-state index in [-0.39, 0.29) is 30.6 Å². The van der Waals surface area contributed by atoms with Crippen LogP contribution < -0.4 is 5.32 Å². The van der Waals surface area contributed by atoms with Crippen LogP contribution in [0.5, 0.6) is 0 Å². The van der Waals surface area contributed by atoms with Crippen LogP contribution in [0.15, 0.2) is 47.1 Å². The van der Waals surface area contributed by atoms with Crippen molar-refractivity contribution >= 4 is 11.7 Å². The Hall–Kier alpha value is -3.60. The quantitative estimate of drug-likeness (QED) is 0.462. The molecule has 2 aromatic heterocycles. The largest absolute Gasteiger partial charge is 0.389 e. The van der Waals surface area contributed by atoms with Crippen molar-refractivity contribution in [2.45, 2.75) is 12.6 Å². The number of aliphatic hydroxyl groups is 1. The number of amides is 1. The van der Waals surface area contributed by atoms with E-state index in [0.29, 0.717) is 5.56 Å². The lowest BCUT2D eigenvalue weighted by Crippen LogP contribution is -2.28. The van der Waals surface area contributed by atoms with Crippen LogP contribution in [0, 0.1) is 10.1 Å². The maximum Gasteiger partial charge on any atom is 0.389 e. The summed E-state index contributed by atoms with van der Waals surface area (Å²) in [6.07, 6.45) is 0.525. The van der Waals surface area contributed by atoms with Crippen molar-refractivity contribution in [1.82, 2.24) is 25.2 Å². The van der Waals surface area contributed by atoms with Gasteiger partial charge in [-0.05, 0) is 10.5 Å². The molecule has 1 amide bonds. The molecule has 134 valence electrons. The van der Waals surface area contributed by atoms with Crippen molar-refractivity contribution in [3.8, 4) is 0 Å². The van der Waals surface area contributed by atoms with Gasteiger partial charge in [0.15, 0.2) is 5.82 Å². The Balaban J connectivity index is 1.56. The first-order chi connectivity index (χ1) is 12.5. The number of nitro groups is 1. The van der Waals surface area contributed by atoms with Gasteiger partial charge in [-0.2, -0.15) is 9.67 Å². The van der Waals surface area contributed by atoms with Crippen molar-refractivity contribution in [2.75, 3.05) is 6.54 Å². The minimum absolute atomic E-state index is 0.0112. The zero-order chi connectivity index (χ0) is 18.5. The molecule has 2 N–H and O–H groups in total. The Morgan fingerprint density at radius 3 is 2.81 bits per heavy atom. The Morgan fingerprint density at radius 2 is 2.12 bits per heavy atom. The highest BCUT2D eigenvalue weighted by molar-refractivity contribution is 5.89. The second kappa shape index (κ2) is 7.53. The molecule has 0 aliphatic carbocycles. The third-order valence-electron chi connectivity index (χ3n) is 3.42. The monoisotopic (exact) mass is 358 g/mol. The van der Waals surface area contributed by atoms with Crippen LogP contribution in [0.3, 0.4) is 0 Å². The zero-order valence-electron chi connectivity index (χ0n) is 13.3. The standard InChI is InChI=1S/C15H14N6O5/c22-11(10-4-2-1-3-5-10)8-16-14(23)15-17-12(19-26-15)9-20-7-6-13(18-20)21(24)25/h1-7,11,22H,8-9H2,(H,16,23). The Kier molecular flexibility index (Phi) is 4.99. The van der Waals surface area contributed by atoms with Crippen LogP contribution in [0.2, 0.25) is 0 Å². The SMILES string of the molecule is O=C(NCC(O)c1ccccc1)c1nc(Cn2ccc([N+](=O)[O-])n2)no1. The molecule has 0 saturated carbocycles. The molecule has 0 radical (unpaired) electrons. The van der Waals surface area contributed by atoms with Crippen molar-refractivity contribution in [3.63, 3.8) is 0 Å². The van der Waals surface area contributed by atoms with Crippen molar-refractivity contribution < 1.29 is 19.3 Å². The van der Waals surface area contributed by atoms with Crippen LogP contribution >= 0.6 is 0 Å². The topological polar surface area (TPSA) is 149 Å². The zero-order valence-corrected chi connectivity index (χ0v) is 13.3. The number of benzene rings is 1. The highest BCUT2D eigenvalue weighted by Crippen LogP contribution is 2.11.